The molecule has 1 aliphatic heterocycles. The van der Waals surface area contributed by atoms with Crippen LogP contribution in [0.5, 0.6) is 0 Å². The molecule has 0 radical (unpaired) electrons. The zero-order chi connectivity index (χ0) is 15.3. The molecule has 21 heavy (non-hydrogen) atoms. The number of nitrogens with one attached hydrogen (secondary N) is 2. The number of amides is 2. The van der Waals surface area contributed by atoms with Crippen LogP contribution in [0.2, 0.25) is 0 Å². The summed E-state index contributed by atoms with van der Waals surface area (Å²) in [5, 5.41) is 16.0. The van der Waals surface area contributed by atoms with E-state index in [0.29, 0.717) is 26.1 Å². The minimum absolute atomic E-state index is 0.246. The van der Waals surface area contributed by atoms with Crippen molar-refractivity contribution in [3.8, 4) is 0 Å². The van der Waals surface area contributed by atoms with Crippen molar-refractivity contribution in [2.75, 3.05) is 25.1 Å². The van der Waals surface area contributed by atoms with Crippen LogP contribution in [0, 0.1) is 6.92 Å². The van der Waals surface area contributed by atoms with E-state index in [1.807, 2.05) is 25.1 Å². The predicted molar refractivity (Wildman–Crippen MR) is 82.6 cm³/mol. The molecule has 1 fully saturated rings. The molecule has 5 nitrogen and oxygen atoms in total. The molecule has 2 amide bonds. The van der Waals surface area contributed by atoms with Gasteiger partial charge in [0, 0.05) is 38.3 Å². The van der Waals surface area contributed by atoms with Crippen LogP contribution in [0.15, 0.2) is 18.2 Å². The molecule has 1 aliphatic rings. The first-order valence-electron chi connectivity index (χ1n) is 7.47. The number of ether oxygens (including phenoxy) is 1. The highest BCUT2D eigenvalue weighted by atomic mass is 16.5. The summed E-state index contributed by atoms with van der Waals surface area (Å²) < 4.78 is 5.23. The fraction of sp³-hybridized carbons (Fsp3) is 0.562. The van der Waals surface area contributed by atoms with Gasteiger partial charge in [-0.1, -0.05) is 25.1 Å². The first-order valence-corrected chi connectivity index (χ1v) is 7.47. The third-order valence-electron chi connectivity index (χ3n) is 3.98. The Morgan fingerprint density at radius 3 is 2.76 bits per heavy atom. The summed E-state index contributed by atoms with van der Waals surface area (Å²) in [7, 11) is 0. The number of carbonyl (C=O) groups is 1. The molecule has 5 heteroatoms. The van der Waals surface area contributed by atoms with Gasteiger partial charge < -0.3 is 20.5 Å². The first-order chi connectivity index (χ1) is 10.0. The maximum Gasteiger partial charge on any atom is 0.319 e. The molecule has 116 valence electrons. The number of para-hydroxylation sites is 1. The average Bonchev–Trinajstić information content (AvgIpc) is 2.48. The summed E-state index contributed by atoms with van der Waals surface area (Å²) in [4.78, 5) is 12.1. The molecule has 0 saturated carbocycles. The minimum Gasteiger partial charge on any atom is -0.388 e. The Balaban J connectivity index is 1.93. The number of benzene rings is 1. The Hall–Kier alpha value is -1.59. The van der Waals surface area contributed by atoms with E-state index in [2.05, 4.69) is 17.6 Å². The zero-order valence-corrected chi connectivity index (χ0v) is 12.7. The molecule has 1 heterocycles. The fourth-order valence-electron chi connectivity index (χ4n) is 2.53. The fourth-order valence-corrected chi connectivity index (χ4v) is 2.53. The van der Waals surface area contributed by atoms with Crippen molar-refractivity contribution in [2.45, 2.75) is 38.7 Å². The van der Waals surface area contributed by atoms with Gasteiger partial charge in [-0.25, -0.2) is 4.79 Å². The lowest BCUT2D eigenvalue weighted by molar-refractivity contribution is -0.0598. The van der Waals surface area contributed by atoms with Gasteiger partial charge in [0.15, 0.2) is 0 Å². The third kappa shape index (κ3) is 4.19. The molecule has 3 N–H and O–H groups in total. The lowest BCUT2D eigenvalue weighted by Gasteiger charge is -2.32. The molecule has 0 atom stereocenters. The number of rotatable bonds is 4. The monoisotopic (exact) mass is 292 g/mol. The van der Waals surface area contributed by atoms with Gasteiger partial charge in [-0.05, 0) is 24.5 Å². The Morgan fingerprint density at radius 1 is 1.38 bits per heavy atom. The Labute approximate surface area is 125 Å². The Kier molecular flexibility index (Phi) is 5.20. The SMILES string of the molecule is CCc1cccc(C)c1NC(=O)NCC1(O)CCOCC1. The van der Waals surface area contributed by atoms with Crippen molar-refractivity contribution in [1.29, 1.82) is 0 Å². The lowest BCUT2D eigenvalue weighted by atomic mass is 9.94. The van der Waals surface area contributed by atoms with E-state index in [0.717, 1.165) is 23.2 Å². The number of hydrogen-bond acceptors (Lipinski definition) is 3. The van der Waals surface area contributed by atoms with Crippen molar-refractivity contribution < 1.29 is 14.6 Å². The average molecular weight is 292 g/mol. The van der Waals surface area contributed by atoms with Crippen molar-refractivity contribution in [3.05, 3.63) is 29.3 Å². The van der Waals surface area contributed by atoms with Crippen LogP contribution in [-0.2, 0) is 11.2 Å². The van der Waals surface area contributed by atoms with E-state index >= 15 is 0 Å². The van der Waals surface area contributed by atoms with Crippen molar-refractivity contribution in [2.24, 2.45) is 0 Å². The smallest absolute Gasteiger partial charge is 0.319 e. The van der Waals surface area contributed by atoms with Crippen LogP contribution in [-0.4, -0.2) is 36.5 Å². The summed E-state index contributed by atoms with van der Waals surface area (Å²) in [5.41, 5.74) is 2.15. The van der Waals surface area contributed by atoms with E-state index < -0.39 is 5.60 Å². The van der Waals surface area contributed by atoms with Crippen LogP contribution in [0.3, 0.4) is 0 Å². The van der Waals surface area contributed by atoms with Crippen LogP contribution >= 0.6 is 0 Å². The van der Waals surface area contributed by atoms with Crippen molar-refractivity contribution >= 4 is 11.7 Å². The van der Waals surface area contributed by atoms with E-state index in [4.69, 9.17) is 4.74 Å². The second kappa shape index (κ2) is 6.91. The number of aliphatic hydroxyl groups is 1. The summed E-state index contributed by atoms with van der Waals surface area (Å²) in [6.07, 6.45) is 1.97. The Morgan fingerprint density at radius 2 is 2.10 bits per heavy atom. The second-order valence-corrected chi connectivity index (χ2v) is 5.61. The van der Waals surface area contributed by atoms with Gasteiger partial charge in [-0.15, -0.1) is 0 Å². The highest BCUT2D eigenvalue weighted by Gasteiger charge is 2.30. The Bertz CT molecular complexity index is 496. The summed E-state index contributed by atoms with van der Waals surface area (Å²) in [6.45, 7) is 5.36. The molecule has 2 rings (SSSR count). The van der Waals surface area contributed by atoms with E-state index in [-0.39, 0.29) is 12.6 Å². The lowest BCUT2D eigenvalue weighted by Crippen LogP contribution is -2.47. The number of anilines is 1. The molecule has 0 spiro atoms. The summed E-state index contributed by atoms with van der Waals surface area (Å²) in [5.74, 6) is 0. The zero-order valence-electron chi connectivity index (χ0n) is 12.7. The molecule has 0 bridgehead atoms. The van der Waals surface area contributed by atoms with Crippen molar-refractivity contribution in [1.82, 2.24) is 5.32 Å². The number of aryl methyl sites for hydroxylation is 2. The van der Waals surface area contributed by atoms with Crippen LogP contribution in [0.4, 0.5) is 10.5 Å². The van der Waals surface area contributed by atoms with Crippen molar-refractivity contribution in [3.63, 3.8) is 0 Å². The normalized spacial score (nSPS) is 17.3. The molecule has 1 saturated heterocycles. The topological polar surface area (TPSA) is 70.6 Å². The molecule has 0 aromatic heterocycles. The third-order valence-corrected chi connectivity index (χ3v) is 3.98. The van der Waals surface area contributed by atoms with Gasteiger partial charge in [0.1, 0.15) is 0 Å². The maximum atomic E-state index is 12.1. The van der Waals surface area contributed by atoms with Gasteiger partial charge in [-0.2, -0.15) is 0 Å². The largest absolute Gasteiger partial charge is 0.388 e. The van der Waals surface area contributed by atoms with Gasteiger partial charge in [0.25, 0.3) is 0 Å². The van der Waals surface area contributed by atoms with Crippen LogP contribution < -0.4 is 10.6 Å². The minimum atomic E-state index is -0.852. The molecule has 1 aromatic carbocycles. The maximum absolute atomic E-state index is 12.1. The molecule has 0 unspecified atom stereocenters. The highest BCUT2D eigenvalue weighted by molar-refractivity contribution is 5.91. The predicted octanol–water partition coefficient (Wildman–Crippen LogP) is 2.22. The van der Waals surface area contributed by atoms with Crippen LogP contribution in [0.1, 0.15) is 30.9 Å². The van der Waals surface area contributed by atoms with Gasteiger partial charge in [-0.3, -0.25) is 0 Å². The number of carbonyl (C=O) groups excluding carboxylic acids is 1. The van der Waals surface area contributed by atoms with Gasteiger partial charge >= 0.3 is 6.03 Å². The number of urea groups is 1. The van der Waals surface area contributed by atoms with Gasteiger partial charge in [0.2, 0.25) is 0 Å². The quantitative estimate of drug-likeness (QED) is 0.797. The van der Waals surface area contributed by atoms with Gasteiger partial charge in [0.05, 0.1) is 5.60 Å². The molecular formula is C16H24N2O3. The van der Waals surface area contributed by atoms with E-state index in [1.54, 1.807) is 0 Å². The summed E-state index contributed by atoms with van der Waals surface area (Å²) >= 11 is 0. The standard InChI is InChI=1S/C16H24N2O3/c1-3-13-6-4-5-12(2)14(13)18-15(19)17-11-16(20)7-9-21-10-8-16/h4-6,20H,3,7-11H2,1-2H3,(H2,17,18,19). The van der Waals surface area contributed by atoms with Crippen LogP contribution in [0.25, 0.3) is 0 Å². The molecular weight excluding hydrogens is 268 g/mol. The molecule has 0 aliphatic carbocycles. The molecule has 1 aromatic rings. The number of hydrogen-bond donors (Lipinski definition) is 3. The first kappa shape index (κ1) is 15.8. The second-order valence-electron chi connectivity index (χ2n) is 5.61. The van der Waals surface area contributed by atoms with E-state index in [1.165, 1.54) is 0 Å². The highest BCUT2D eigenvalue weighted by Crippen LogP contribution is 2.22. The van der Waals surface area contributed by atoms with E-state index in [9.17, 15) is 9.90 Å². The summed E-state index contributed by atoms with van der Waals surface area (Å²) in [6, 6.07) is 5.69.